The van der Waals surface area contributed by atoms with Crippen molar-refractivity contribution in [1.82, 2.24) is 4.90 Å². The highest BCUT2D eigenvalue weighted by Crippen LogP contribution is 2.26. The lowest BCUT2D eigenvalue weighted by Crippen LogP contribution is -2.39. The largest absolute Gasteiger partial charge is 0.495 e. The van der Waals surface area contributed by atoms with Crippen LogP contribution in [-0.2, 0) is 11.2 Å². The Morgan fingerprint density at radius 3 is 2.70 bits per heavy atom. The maximum Gasteiger partial charge on any atom is 0.238 e. The van der Waals surface area contributed by atoms with Gasteiger partial charge in [0.05, 0.1) is 19.3 Å². The van der Waals surface area contributed by atoms with Crippen LogP contribution in [0.1, 0.15) is 24.0 Å². The van der Waals surface area contributed by atoms with Crippen LogP contribution in [0.4, 0.5) is 10.1 Å². The van der Waals surface area contributed by atoms with Gasteiger partial charge in [0.25, 0.3) is 0 Å². The van der Waals surface area contributed by atoms with Gasteiger partial charge in [-0.1, -0.05) is 18.2 Å². The van der Waals surface area contributed by atoms with Crippen molar-refractivity contribution in [1.29, 1.82) is 0 Å². The Labute approximate surface area is 160 Å². The Kier molecular flexibility index (Phi) is 6.45. The van der Waals surface area contributed by atoms with Crippen LogP contribution in [0.15, 0.2) is 42.5 Å². The van der Waals surface area contributed by atoms with E-state index in [1.54, 1.807) is 19.2 Å². The minimum atomic E-state index is -0.173. The van der Waals surface area contributed by atoms with Gasteiger partial charge in [-0.25, -0.2) is 4.39 Å². The number of nitrogens with one attached hydrogen (secondary N) is 1. The summed E-state index contributed by atoms with van der Waals surface area (Å²) in [5.74, 6) is 1.02. The first-order valence-corrected chi connectivity index (χ1v) is 9.45. The SMILES string of the molecule is COc1ccc(C)cc1NC(=O)CN1CCC(Cc2cccc(F)c2)CC1. The number of likely N-dealkylation sites (tertiary alicyclic amines) is 1. The van der Waals surface area contributed by atoms with Crippen LogP contribution >= 0.6 is 0 Å². The zero-order valence-corrected chi connectivity index (χ0v) is 16.0. The average molecular weight is 370 g/mol. The second kappa shape index (κ2) is 9.00. The van der Waals surface area contributed by atoms with Gasteiger partial charge in [-0.3, -0.25) is 9.69 Å². The number of carbonyl (C=O) groups is 1. The van der Waals surface area contributed by atoms with E-state index < -0.39 is 0 Å². The third-order valence-electron chi connectivity index (χ3n) is 5.12. The standard InChI is InChI=1S/C22H27FN2O2/c1-16-6-7-21(27-2)20(12-16)24-22(26)15-25-10-8-17(9-11-25)13-18-4-3-5-19(23)14-18/h3-7,12,14,17H,8-11,13,15H2,1-2H3,(H,24,26). The zero-order valence-electron chi connectivity index (χ0n) is 16.0. The van der Waals surface area contributed by atoms with Crippen molar-refractivity contribution in [3.05, 3.63) is 59.4 Å². The molecule has 3 rings (SSSR count). The number of hydrogen-bond acceptors (Lipinski definition) is 3. The molecular formula is C22H27FN2O2. The first kappa shape index (κ1) is 19.4. The number of hydrogen-bond donors (Lipinski definition) is 1. The Hall–Kier alpha value is -2.40. The average Bonchev–Trinajstić information content (AvgIpc) is 2.63. The quantitative estimate of drug-likeness (QED) is 0.835. The molecule has 1 fully saturated rings. The number of benzene rings is 2. The number of nitrogens with zero attached hydrogens (tertiary/aromatic N) is 1. The third-order valence-corrected chi connectivity index (χ3v) is 5.12. The number of piperidine rings is 1. The van der Waals surface area contributed by atoms with Crippen molar-refractivity contribution in [2.24, 2.45) is 5.92 Å². The summed E-state index contributed by atoms with van der Waals surface area (Å²) in [6.45, 7) is 4.14. The predicted molar refractivity (Wildman–Crippen MR) is 106 cm³/mol. The number of amides is 1. The molecule has 0 unspecified atom stereocenters. The molecule has 0 aromatic heterocycles. The lowest BCUT2D eigenvalue weighted by Gasteiger charge is -2.31. The van der Waals surface area contributed by atoms with E-state index in [4.69, 9.17) is 4.74 Å². The van der Waals surface area contributed by atoms with Gasteiger partial charge >= 0.3 is 0 Å². The second-order valence-electron chi connectivity index (χ2n) is 7.31. The number of rotatable bonds is 6. The van der Waals surface area contributed by atoms with E-state index in [0.717, 1.165) is 43.5 Å². The molecule has 1 saturated heterocycles. The van der Waals surface area contributed by atoms with Crippen LogP contribution in [-0.4, -0.2) is 37.6 Å². The van der Waals surface area contributed by atoms with Crippen molar-refractivity contribution in [2.45, 2.75) is 26.2 Å². The molecule has 1 amide bonds. The van der Waals surface area contributed by atoms with E-state index >= 15 is 0 Å². The fourth-order valence-electron chi connectivity index (χ4n) is 3.66. The molecule has 27 heavy (non-hydrogen) atoms. The molecule has 1 heterocycles. The molecule has 5 heteroatoms. The Bertz CT molecular complexity index is 786. The van der Waals surface area contributed by atoms with E-state index in [2.05, 4.69) is 10.2 Å². The number of anilines is 1. The molecule has 4 nitrogen and oxygen atoms in total. The van der Waals surface area contributed by atoms with Crippen LogP contribution in [0.5, 0.6) is 5.75 Å². The fourth-order valence-corrected chi connectivity index (χ4v) is 3.66. The van der Waals surface area contributed by atoms with E-state index in [0.29, 0.717) is 23.9 Å². The van der Waals surface area contributed by atoms with Crippen LogP contribution in [0.2, 0.25) is 0 Å². The molecule has 144 valence electrons. The summed E-state index contributed by atoms with van der Waals surface area (Å²) >= 11 is 0. The Balaban J connectivity index is 1.47. The lowest BCUT2D eigenvalue weighted by atomic mass is 9.90. The van der Waals surface area contributed by atoms with Gasteiger partial charge in [0.15, 0.2) is 0 Å². The maximum atomic E-state index is 13.3. The summed E-state index contributed by atoms with van der Waals surface area (Å²) in [4.78, 5) is 14.6. The molecule has 0 saturated carbocycles. The second-order valence-corrected chi connectivity index (χ2v) is 7.31. The van der Waals surface area contributed by atoms with Gasteiger partial charge in [0, 0.05) is 0 Å². The van der Waals surface area contributed by atoms with Crippen molar-refractivity contribution in [3.63, 3.8) is 0 Å². The molecule has 0 aliphatic carbocycles. The molecule has 0 radical (unpaired) electrons. The van der Waals surface area contributed by atoms with Crippen molar-refractivity contribution < 1.29 is 13.9 Å². The lowest BCUT2D eigenvalue weighted by molar-refractivity contribution is -0.117. The van der Waals surface area contributed by atoms with Crippen molar-refractivity contribution >= 4 is 11.6 Å². The van der Waals surface area contributed by atoms with Gasteiger partial charge < -0.3 is 10.1 Å². The van der Waals surface area contributed by atoms with Crippen LogP contribution in [0, 0.1) is 18.7 Å². The third kappa shape index (κ3) is 5.54. The number of ether oxygens (including phenoxy) is 1. The van der Waals surface area contributed by atoms with E-state index in [9.17, 15) is 9.18 Å². The normalized spacial score (nSPS) is 15.5. The number of carbonyl (C=O) groups excluding carboxylic acids is 1. The van der Waals surface area contributed by atoms with Crippen LogP contribution < -0.4 is 10.1 Å². The molecule has 1 aliphatic rings. The fraction of sp³-hybridized carbons (Fsp3) is 0.409. The minimum absolute atomic E-state index is 0.0255. The summed E-state index contributed by atoms with van der Waals surface area (Å²) in [6.07, 6.45) is 2.95. The maximum absolute atomic E-state index is 13.3. The highest BCUT2D eigenvalue weighted by atomic mass is 19.1. The number of aryl methyl sites for hydroxylation is 1. The Morgan fingerprint density at radius 1 is 1.22 bits per heavy atom. The van der Waals surface area contributed by atoms with E-state index in [1.807, 2.05) is 31.2 Å². The van der Waals surface area contributed by atoms with Gasteiger partial charge in [-0.15, -0.1) is 0 Å². The molecule has 1 N–H and O–H groups in total. The minimum Gasteiger partial charge on any atom is -0.495 e. The van der Waals surface area contributed by atoms with Gasteiger partial charge in [-0.2, -0.15) is 0 Å². The molecule has 0 spiro atoms. The summed E-state index contributed by atoms with van der Waals surface area (Å²) in [7, 11) is 1.60. The summed E-state index contributed by atoms with van der Waals surface area (Å²) in [5.41, 5.74) is 2.84. The predicted octanol–water partition coefficient (Wildman–Crippen LogP) is 4.04. The molecule has 2 aromatic carbocycles. The Morgan fingerprint density at radius 2 is 2.00 bits per heavy atom. The molecule has 1 aliphatic heterocycles. The molecule has 0 atom stereocenters. The monoisotopic (exact) mass is 370 g/mol. The molecule has 2 aromatic rings. The molecule has 0 bridgehead atoms. The summed E-state index contributed by atoms with van der Waals surface area (Å²) in [5, 5.41) is 2.96. The van der Waals surface area contributed by atoms with E-state index in [1.165, 1.54) is 6.07 Å². The van der Waals surface area contributed by atoms with Crippen molar-refractivity contribution in [2.75, 3.05) is 32.1 Å². The van der Waals surface area contributed by atoms with Gasteiger partial charge in [0.2, 0.25) is 5.91 Å². The van der Waals surface area contributed by atoms with Gasteiger partial charge in [-0.05, 0) is 80.6 Å². The molecular weight excluding hydrogens is 343 g/mol. The van der Waals surface area contributed by atoms with Crippen LogP contribution in [0.3, 0.4) is 0 Å². The highest BCUT2D eigenvalue weighted by Gasteiger charge is 2.21. The van der Waals surface area contributed by atoms with Crippen LogP contribution in [0.25, 0.3) is 0 Å². The topological polar surface area (TPSA) is 41.6 Å². The first-order valence-electron chi connectivity index (χ1n) is 9.45. The summed E-state index contributed by atoms with van der Waals surface area (Å²) < 4.78 is 18.6. The zero-order chi connectivity index (χ0) is 19.2. The summed E-state index contributed by atoms with van der Waals surface area (Å²) in [6, 6.07) is 12.6. The van der Waals surface area contributed by atoms with E-state index in [-0.39, 0.29) is 11.7 Å². The van der Waals surface area contributed by atoms with Crippen molar-refractivity contribution in [3.8, 4) is 5.75 Å². The number of halogens is 1. The first-order chi connectivity index (χ1) is 13.0. The highest BCUT2D eigenvalue weighted by molar-refractivity contribution is 5.93. The number of methoxy groups -OCH3 is 1. The smallest absolute Gasteiger partial charge is 0.238 e. The van der Waals surface area contributed by atoms with Gasteiger partial charge in [0.1, 0.15) is 11.6 Å².